The van der Waals surface area contributed by atoms with E-state index in [1.54, 1.807) is 29.6 Å². The van der Waals surface area contributed by atoms with E-state index >= 15 is 0 Å². The molecule has 0 saturated carbocycles. The van der Waals surface area contributed by atoms with E-state index in [0.29, 0.717) is 49.7 Å². The van der Waals surface area contributed by atoms with Gasteiger partial charge >= 0.3 is 0 Å². The van der Waals surface area contributed by atoms with Crippen LogP contribution < -0.4 is 16.4 Å². The number of hydrogen-bond acceptors (Lipinski definition) is 6. The number of thiazole rings is 1. The molecule has 4 N–H and O–H groups in total. The van der Waals surface area contributed by atoms with Gasteiger partial charge in [-0.3, -0.25) is 9.59 Å². The van der Waals surface area contributed by atoms with Crippen LogP contribution in [0.25, 0.3) is 0 Å². The Morgan fingerprint density at radius 1 is 1.30 bits per heavy atom. The van der Waals surface area contributed by atoms with Gasteiger partial charge in [0, 0.05) is 42.8 Å². The summed E-state index contributed by atoms with van der Waals surface area (Å²) in [7, 11) is 0. The van der Waals surface area contributed by atoms with Gasteiger partial charge in [-0.15, -0.1) is 23.7 Å². The molecule has 0 spiro atoms. The van der Waals surface area contributed by atoms with E-state index < -0.39 is 0 Å². The van der Waals surface area contributed by atoms with Crippen LogP contribution in [0.4, 0.5) is 5.69 Å². The fourth-order valence-corrected chi connectivity index (χ4v) is 3.00. The molecule has 0 saturated heterocycles. The third-order valence-corrected chi connectivity index (χ3v) is 4.39. The molecule has 0 bridgehead atoms. The molecule has 0 atom stereocenters. The number of aromatic nitrogens is 1. The molecule has 0 radical (unpaired) electrons. The number of anilines is 1. The van der Waals surface area contributed by atoms with E-state index in [9.17, 15) is 9.59 Å². The number of nitrogens with zero attached hydrogens (tertiary/aromatic N) is 1. The standard InChI is InChI=1S/C18H24N4O3S.ClH/c1-2-25-10-4-9-20-17(23)13-5-3-6-14(11-13)21-18(24)15-12-26-16(22-15)7-8-19;/h3,5-6,11-12H,2,4,7-10,19H2,1H3,(H,20,23)(H,21,24);1H. The van der Waals surface area contributed by atoms with E-state index in [0.717, 1.165) is 11.4 Å². The summed E-state index contributed by atoms with van der Waals surface area (Å²) < 4.78 is 5.23. The van der Waals surface area contributed by atoms with Crippen molar-refractivity contribution < 1.29 is 14.3 Å². The van der Waals surface area contributed by atoms with Gasteiger partial charge in [0.25, 0.3) is 11.8 Å². The number of nitrogens with one attached hydrogen (secondary N) is 2. The highest BCUT2D eigenvalue weighted by molar-refractivity contribution is 7.09. The maximum Gasteiger partial charge on any atom is 0.275 e. The molecular weight excluding hydrogens is 388 g/mol. The number of nitrogens with two attached hydrogens (primary N) is 1. The Hall–Kier alpha value is -2.00. The Balaban J connectivity index is 0.00000364. The molecule has 1 aromatic carbocycles. The lowest BCUT2D eigenvalue weighted by atomic mass is 10.2. The van der Waals surface area contributed by atoms with Gasteiger partial charge in [-0.2, -0.15) is 0 Å². The number of hydrogen-bond donors (Lipinski definition) is 3. The predicted octanol–water partition coefficient (Wildman–Crippen LogP) is 2.47. The number of amides is 2. The van der Waals surface area contributed by atoms with E-state index in [2.05, 4.69) is 15.6 Å². The maximum atomic E-state index is 12.3. The monoisotopic (exact) mass is 412 g/mol. The first-order valence-electron chi connectivity index (χ1n) is 8.56. The molecule has 0 aliphatic carbocycles. The number of benzene rings is 1. The maximum absolute atomic E-state index is 12.3. The zero-order valence-corrected chi connectivity index (χ0v) is 16.8. The van der Waals surface area contributed by atoms with Crippen molar-refractivity contribution in [2.45, 2.75) is 19.8 Å². The Morgan fingerprint density at radius 2 is 2.11 bits per heavy atom. The summed E-state index contributed by atoms with van der Waals surface area (Å²) in [5, 5.41) is 8.14. The number of carbonyl (C=O) groups is 2. The number of ether oxygens (including phenoxy) is 1. The third kappa shape index (κ3) is 7.64. The van der Waals surface area contributed by atoms with Gasteiger partial charge in [0.05, 0.1) is 5.01 Å². The molecule has 7 nitrogen and oxygen atoms in total. The van der Waals surface area contributed by atoms with Crippen LogP contribution in [-0.4, -0.2) is 43.1 Å². The number of carbonyl (C=O) groups excluding carboxylic acids is 2. The van der Waals surface area contributed by atoms with E-state index in [1.807, 2.05) is 6.92 Å². The molecule has 1 aromatic heterocycles. The van der Waals surface area contributed by atoms with E-state index in [-0.39, 0.29) is 24.2 Å². The second kappa shape index (κ2) is 12.4. The third-order valence-electron chi connectivity index (χ3n) is 3.48. The zero-order chi connectivity index (χ0) is 18.8. The SMILES string of the molecule is CCOCCCNC(=O)c1cccc(NC(=O)c2csc(CCN)n2)c1.Cl. The quantitative estimate of drug-likeness (QED) is 0.520. The van der Waals surface area contributed by atoms with Crippen molar-refractivity contribution in [3.63, 3.8) is 0 Å². The van der Waals surface area contributed by atoms with Crippen LogP contribution >= 0.6 is 23.7 Å². The largest absolute Gasteiger partial charge is 0.382 e. The minimum Gasteiger partial charge on any atom is -0.382 e. The second-order valence-corrected chi connectivity index (χ2v) is 6.45. The first kappa shape index (κ1) is 23.0. The minimum atomic E-state index is -0.307. The van der Waals surface area contributed by atoms with Gasteiger partial charge in [-0.05, 0) is 38.1 Å². The molecule has 0 aliphatic heterocycles. The first-order chi connectivity index (χ1) is 12.6. The molecule has 0 aliphatic rings. The predicted molar refractivity (Wildman–Crippen MR) is 110 cm³/mol. The van der Waals surface area contributed by atoms with Crippen molar-refractivity contribution in [1.29, 1.82) is 0 Å². The van der Waals surface area contributed by atoms with E-state index in [1.165, 1.54) is 11.3 Å². The van der Waals surface area contributed by atoms with Crippen molar-refractivity contribution in [2.75, 3.05) is 31.6 Å². The molecular formula is C18H25ClN4O3S. The van der Waals surface area contributed by atoms with Crippen LogP contribution in [0.3, 0.4) is 0 Å². The summed E-state index contributed by atoms with van der Waals surface area (Å²) in [6, 6.07) is 6.81. The van der Waals surface area contributed by atoms with Gasteiger partial charge in [-0.1, -0.05) is 6.07 Å². The van der Waals surface area contributed by atoms with E-state index in [4.69, 9.17) is 10.5 Å². The highest BCUT2D eigenvalue weighted by atomic mass is 35.5. The van der Waals surface area contributed by atoms with Gasteiger partial charge < -0.3 is 21.1 Å². The lowest BCUT2D eigenvalue weighted by Crippen LogP contribution is -2.25. The van der Waals surface area contributed by atoms with Crippen LogP contribution in [-0.2, 0) is 11.2 Å². The Morgan fingerprint density at radius 3 is 2.85 bits per heavy atom. The summed E-state index contributed by atoms with van der Waals surface area (Å²) in [4.78, 5) is 28.7. The molecule has 2 rings (SSSR count). The highest BCUT2D eigenvalue weighted by Gasteiger charge is 2.12. The van der Waals surface area contributed by atoms with Crippen molar-refractivity contribution in [2.24, 2.45) is 5.73 Å². The summed E-state index contributed by atoms with van der Waals surface area (Å²) in [5.74, 6) is -0.490. The molecule has 2 amide bonds. The average Bonchev–Trinajstić information content (AvgIpc) is 3.11. The smallest absolute Gasteiger partial charge is 0.275 e. The lowest BCUT2D eigenvalue weighted by molar-refractivity contribution is 0.0943. The highest BCUT2D eigenvalue weighted by Crippen LogP contribution is 2.15. The number of rotatable bonds is 10. The Bertz CT molecular complexity index is 739. The molecule has 9 heteroatoms. The van der Waals surface area contributed by atoms with Gasteiger partial charge in [-0.25, -0.2) is 4.98 Å². The van der Waals surface area contributed by atoms with Gasteiger partial charge in [0.15, 0.2) is 0 Å². The zero-order valence-electron chi connectivity index (χ0n) is 15.2. The van der Waals surface area contributed by atoms with Crippen LogP contribution in [0.15, 0.2) is 29.6 Å². The fraction of sp³-hybridized carbons (Fsp3) is 0.389. The molecule has 1 heterocycles. The van der Waals surface area contributed by atoms with Crippen molar-refractivity contribution in [3.8, 4) is 0 Å². The molecule has 27 heavy (non-hydrogen) atoms. The summed E-state index contributed by atoms with van der Waals surface area (Å²) in [6.45, 7) is 4.26. The van der Waals surface area contributed by atoms with Crippen LogP contribution in [0, 0.1) is 0 Å². The van der Waals surface area contributed by atoms with Crippen molar-refractivity contribution >= 4 is 41.2 Å². The summed E-state index contributed by atoms with van der Waals surface area (Å²) in [6.07, 6.45) is 1.40. The first-order valence-corrected chi connectivity index (χ1v) is 9.43. The second-order valence-electron chi connectivity index (χ2n) is 5.51. The number of halogens is 1. The lowest BCUT2D eigenvalue weighted by Gasteiger charge is -2.08. The van der Waals surface area contributed by atoms with Crippen molar-refractivity contribution in [3.05, 3.63) is 45.9 Å². The Labute approximate surface area is 169 Å². The van der Waals surface area contributed by atoms with Crippen LogP contribution in [0.1, 0.15) is 39.2 Å². The molecule has 2 aromatic rings. The molecule has 0 unspecified atom stereocenters. The normalized spacial score (nSPS) is 10.1. The average molecular weight is 413 g/mol. The molecule has 0 fully saturated rings. The van der Waals surface area contributed by atoms with Gasteiger partial charge in [0.1, 0.15) is 5.69 Å². The Kier molecular flexibility index (Phi) is 10.6. The topological polar surface area (TPSA) is 106 Å². The minimum absolute atomic E-state index is 0. The van der Waals surface area contributed by atoms with Crippen LogP contribution in [0.5, 0.6) is 0 Å². The summed E-state index contributed by atoms with van der Waals surface area (Å²) in [5.41, 5.74) is 6.88. The summed E-state index contributed by atoms with van der Waals surface area (Å²) >= 11 is 1.41. The van der Waals surface area contributed by atoms with Crippen LogP contribution in [0.2, 0.25) is 0 Å². The van der Waals surface area contributed by atoms with Crippen molar-refractivity contribution in [1.82, 2.24) is 10.3 Å². The fourth-order valence-electron chi connectivity index (χ4n) is 2.21. The molecule has 148 valence electrons. The van der Waals surface area contributed by atoms with Gasteiger partial charge in [0.2, 0.25) is 0 Å².